The highest BCUT2D eigenvalue weighted by atomic mass is 32.2. The Morgan fingerprint density at radius 1 is 0.968 bits per heavy atom. The van der Waals surface area contributed by atoms with Gasteiger partial charge < -0.3 is 10.2 Å². The normalized spacial score (nSPS) is 16.1. The molecular formula is C13H11F9N2O6S. The topological polar surface area (TPSA) is 130 Å². The summed E-state index contributed by atoms with van der Waals surface area (Å²) in [5.41, 5.74) is -1.05. The molecule has 0 heterocycles. The highest BCUT2D eigenvalue weighted by Crippen LogP contribution is 2.54. The minimum atomic E-state index is -7.50. The van der Waals surface area contributed by atoms with Crippen LogP contribution in [-0.4, -0.2) is 59.5 Å². The lowest BCUT2D eigenvalue weighted by Crippen LogP contribution is -2.65. The van der Waals surface area contributed by atoms with Gasteiger partial charge in [0.2, 0.25) is 0 Å². The second kappa shape index (κ2) is 8.40. The summed E-state index contributed by atoms with van der Waals surface area (Å²) in [5, 5.41) is 22.4. The van der Waals surface area contributed by atoms with Gasteiger partial charge in [0.15, 0.2) is 0 Å². The molecular weight excluding hydrogens is 483 g/mol. The number of nitro benzene ring substituents is 1. The van der Waals surface area contributed by atoms with Crippen molar-refractivity contribution >= 4 is 15.7 Å². The zero-order chi connectivity index (χ0) is 24.6. The maximum Gasteiger partial charge on any atom is 0.460 e. The average Bonchev–Trinajstić information content (AvgIpc) is 2.64. The highest BCUT2D eigenvalue weighted by molar-refractivity contribution is 7.90. The Kier molecular flexibility index (Phi) is 7.27. The van der Waals surface area contributed by atoms with E-state index in [1.54, 1.807) is 0 Å². The molecule has 0 radical (unpaired) electrons. The van der Waals surface area contributed by atoms with E-state index in [9.17, 15) is 63.2 Å². The fraction of sp³-hybridized carbons (Fsp3) is 0.538. The van der Waals surface area contributed by atoms with Crippen LogP contribution < -0.4 is 4.72 Å². The Balaban J connectivity index is 3.28. The molecule has 0 amide bonds. The van der Waals surface area contributed by atoms with Crippen LogP contribution in [0.1, 0.15) is 11.7 Å². The molecule has 3 N–H and O–H groups in total. The fourth-order valence-electron chi connectivity index (χ4n) is 2.03. The van der Waals surface area contributed by atoms with E-state index in [0.29, 0.717) is 4.72 Å². The van der Waals surface area contributed by atoms with Gasteiger partial charge in [0.1, 0.15) is 0 Å². The summed E-state index contributed by atoms with van der Waals surface area (Å²) in [4.78, 5) is 9.62. The highest BCUT2D eigenvalue weighted by Gasteiger charge is 2.85. The third kappa shape index (κ3) is 4.70. The van der Waals surface area contributed by atoms with Crippen LogP contribution in [0.25, 0.3) is 0 Å². The first-order chi connectivity index (χ1) is 13.7. The monoisotopic (exact) mass is 494 g/mol. The lowest BCUT2D eigenvalue weighted by molar-refractivity contribution is -0.384. The Bertz CT molecular complexity index is 905. The molecule has 1 rings (SSSR count). The Morgan fingerprint density at radius 3 is 1.77 bits per heavy atom. The summed E-state index contributed by atoms with van der Waals surface area (Å²) in [6.07, 6.45) is -9.63. The number of alkyl halides is 9. The smallest absolute Gasteiger partial charge is 0.395 e. The van der Waals surface area contributed by atoms with Gasteiger partial charge >= 0.3 is 23.3 Å². The van der Waals surface area contributed by atoms with Crippen LogP contribution in [0, 0.1) is 10.1 Å². The molecule has 18 heteroatoms. The second-order valence-corrected chi connectivity index (χ2v) is 7.62. The molecule has 0 spiro atoms. The van der Waals surface area contributed by atoms with Gasteiger partial charge in [-0.3, -0.25) is 10.1 Å². The first-order valence-corrected chi connectivity index (χ1v) is 8.98. The van der Waals surface area contributed by atoms with Gasteiger partial charge in [0, 0.05) is 12.1 Å². The minimum Gasteiger partial charge on any atom is -0.395 e. The summed E-state index contributed by atoms with van der Waals surface area (Å²) in [6.45, 7) is -1.63. The molecule has 31 heavy (non-hydrogen) atoms. The van der Waals surface area contributed by atoms with Crippen molar-refractivity contribution in [2.75, 3.05) is 6.61 Å². The first-order valence-electron chi connectivity index (χ1n) is 7.50. The molecule has 0 aliphatic rings. The Hall–Kier alpha value is -2.18. The maximum atomic E-state index is 13.7. The van der Waals surface area contributed by atoms with Crippen LogP contribution in [0.5, 0.6) is 0 Å². The van der Waals surface area contributed by atoms with Gasteiger partial charge in [-0.15, -0.1) is 0 Å². The van der Waals surface area contributed by atoms with Crippen LogP contribution >= 0.6 is 0 Å². The maximum absolute atomic E-state index is 13.7. The number of halogens is 9. The summed E-state index contributed by atoms with van der Waals surface area (Å²) >= 11 is 0. The van der Waals surface area contributed by atoms with Gasteiger partial charge in [-0.05, 0) is 17.7 Å². The van der Waals surface area contributed by atoms with Gasteiger partial charge in [0.25, 0.3) is 15.7 Å². The number of nitrogens with one attached hydrogen (secondary N) is 1. The molecule has 1 aromatic carbocycles. The number of nitro groups is 1. The molecule has 1 aromatic rings. The number of hydrogen-bond acceptors (Lipinski definition) is 6. The van der Waals surface area contributed by atoms with E-state index < -0.39 is 68.2 Å². The molecule has 8 nitrogen and oxygen atoms in total. The van der Waals surface area contributed by atoms with Crippen LogP contribution in [0.4, 0.5) is 45.2 Å². The largest absolute Gasteiger partial charge is 0.460 e. The number of aliphatic hydroxyl groups excluding tert-OH is 2. The molecule has 0 aliphatic carbocycles. The third-order valence-corrected chi connectivity index (χ3v) is 5.33. The van der Waals surface area contributed by atoms with Crippen LogP contribution in [0.2, 0.25) is 0 Å². The molecule has 0 aromatic heterocycles. The molecule has 178 valence electrons. The standard InChI is InChI=1S/C13H11F9N2O6S/c14-10(15,12(18,19)20)11(16,17)13(21,22)31(29,30)23-8(5-25)9(26)6-1-3-7(4-2-6)24(27)28/h1-4,8-9,23,25-26H,5H2/t8-,9+/m1/s1. The van der Waals surface area contributed by atoms with Crippen LogP contribution in [0.15, 0.2) is 24.3 Å². The number of sulfonamides is 1. The van der Waals surface area contributed by atoms with Crippen molar-refractivity contribution in [3.8, 4) is 0 Å². The number of benzene rings is 1. The van der Waals surface area contributed by atoms with Crippen molar-refractivity contribution in [3.63, 3.8) is 0 Å². The van der Waals surface area contributed by atoms with E-state index in [-0.39, 0.29) is 0 Å². The lowest BCUT2D eigenvalue weighted by atomic mass is 10.0. The van der Waals surface area contributed by atoms with Crippen LogP contribution in [0.3, 0.4) is 0 Å². The number of rotatable bonds is 9. The number of aliphatic hydroxyl groups is 2. The predicted molar refractivity (Wildman–Crippen MR) is 81.9 cm³/mol. The summed E-state index contributed by atoms with van der Waals surface area (Å²) in [5.74, 6) is -15.0. The molecule has 0 unspecified atom stereocenters. The van der Waals surface area contributed by atoms with Crippen molar-refractivity contribution in [3.05, 3.63) is 39.9 Å². The van der Waals surface area contributed by atoms with E-state index in [0.717, 1.165) is 24.3 Å². The van der Waals surface area contributed by atoms with Crippen LogP contribution in [-0.2, 0) is 10.0 Å². The van der Waals surface area contributed by atoms with E-state index in [2.05, 4.69) is 0 Å². The minimum absolute atomic E-state index is 0.497. The molecule has 0 saturated carbocycles. The van der Waals surface area contributed by atoms with E-state index in [1.807, 2.05) is 0 Å². The fourth-order valence-corrected chi connectivity index (χ4v) is 3.25. The zero-order valence-electron chi connectivity index (χ0n) is 14.5. The van der Waals surface area contributed by atoms with Crippen molar-refractivity contribution < 1.29 is 63.1 Å². The molecule has 0 saturated heterocycles. The van der Waals surface area contributed by atoms with E-state index in [4.69, 9.17) is 5.11 Å². The van der Waals surface area contributed by atoms with E-state index in [1.165, 1.54) is 0 Å². The third-order valence-electron chi connectivity index (χ3n) is 3.78. The lowest BCUT2D eigenvalue weighted by Gasteiger charge is -2.34. The van der Waals surface area contributed by atoms with Crippen molar-refractivity contribution in [2.24, 2.45) is 0 Å². The molecule has 2 atom stereocenters. The number of hydrogen-bond donors (Lipinski definition) is 3. The second-order valence-electron chi connectivity index (χ2n) is 5.87. The molecule has 0 bridgehead atoms. The summed E-state index contributed by atoms with van der Waals surface area (Å²) in [7, 11) is -7.09. The zero-order valence-corrected chi connectivity index (χ0v) is 15.3. The average molecular weight is 494 g/mol. The Morgan fingerprint density at radius 2 is 1.42 bits per heavy atom. The number of nitrogens with zero attached hydrogens (tertiary/aromatic N) is 1. The van der Waals surface area contributed by atoms with Gasteiger partial charge in [0.05, 0.1) is 23.7 Å². The van der Waals surface area contributed by atoms with Gasteiger partial charge in [-0.25, -0.2) is 13.1 Å². The number of non-ortho nitro benzene ring substituents is 1. The molecule has 0 fully saturated rings. The van der Waals surface area contributed by atoms with Gasteiger partial charge in [-0.1, -0.05) is 0 Å². The summed E-state index contributed by atoms with van der Waals surface area (Å²) < 4.78 is 140. The van der Waals surface area contributed by atoms with Crippen molar-refractivity contribution in [1.29, 1.82) is 0 Å². The Labute approximate surface area is 166 Å². The van der Waals surface area contributed by atoms with Crippen molar-refractivity contribution in [1.82, 2.24) is 4.72 Å². The van der Waals surface area contributed by atoms with Gasteiger partial charge in [-0.2, -0.15) is 39.5 Å². The van der Waals surface area contributed by atoms with Crippen molar-refractivity contribution in [2.45, 2.75) is 35.4 Å². The quantitative estimate of drug-likeness (QED) is 0.275. The predicted octanol–water partition coefficient (Wildman–Crippen LogP) is 2.33. The van der Waals surface area contributed by atoms with E-state index >= 15 is 0 Å². The molecule has 0 aliphatic heterocycles. The summed E-state index contributed by atoms with van der Waals surface area (Å²) in [6, 6.07) is 0.393. The first kappa shape index (κ1) is 26.9. The SMILES string of the molecule is O=[N+]([O-])c1ccc([C@H](O)[C@@H](CO)NS(=O)(=O)C(F)(F)C(F)(F)C(F)(F)C(F)(F)F)cc1.